The van der Waals surface area contributed by atoms with Crippen molar-refractivity contribution in [2.45, 2.75) is 232 Å². The predicted octanol–water partition coefficient (Wildman–Crippen LogP) is 20.3. The molecule has 0 aromatic carbocycles. The molecule has 0 rings (SSSR count). The summed E-state index contributed by atoms with van der Waals surface area (Å²) in [6.07, 6.45) is 90.7. The summed E-state index contributed by atoms with van der Waals surface area (Å²) in [5, 5.41) is 0. The molecule has 0 aromatic heterocycles. The SMILES string of the molecule is CC/C=C\C/C=C\C/C=C\C/C=C\C/C=C\C/C=C\CCCCCCCCCCC(=O)OCC(COC(=O)CCCCC/C=C\C/C=C\C/C=C\CC)OC(=O)CCC/C=C\C/C=C\C/C=C\C/C=C\C/C=C\CC. The molecule has 0 aliphatic heterocycles. The molecule has 0 aliphatic carbocycles. The summed E-state index contributed by atoms with van der Waals surface area (Å²) >= 11 is 0. The summed E-state index contributed by atoms with van der Waals surface area (Å²) < 4.78 is 16.8. The van der Waals surface area contributed by atoms with E-state index in [9.17, 15) is 14.4 Å². The van der Waals surface area contributed by atoms with Crippen LogP contribution in [0.25, 0.3) is 0 Å². The molecule has 0 radical (unpaired) electrons. The lowest BCUT2D eigenvalue weighted by Crippen LogP contribution is -2.30. The van der Waals surface area contributed by atoms with Crippen molar-refractivity contribution in [1.29, 1.82) is 0 Å². The highest BCUT2D eigenvalue weighted by molar-refractivity contribution is 5.71. The van der Waals surface area contributed by atoms with Gasteiger partial charge < -0.3 is 14.2 Å². The molecular formula is C69H106O6. The van der Waals surface area contributed by atoms with Crippen LogP contribution < -0.4 is 0 Å². The van der Waals surface area contributed by atoms with Crippen molar-refractivity contribution in [3.8, 4) is 0 Å². The quantitative estimate of drug-likeness (QED) is 0.0261. The van der Waals surface area contributed by atoms with Crippen LogP contribution in [0.3, 0.4) is 0 Å². The molecule has 0 heterocycles. The highest BCUT2D eigenvalue weighted by atomic mass is 16.6. The van der Waals surface area contributed by atoms with E-state index in [2.05, 4.69) is 191 Å². The highest BCUT2D eigenvalue weighted by Gasteiger charge is 2.19. The summed E-state index contributed by atoms with van der Waals surface area (Å²) in [5.74, 6) is -1.03. The Kier molecular flexibility index (Phi) is 57.0. The van der Waals surface area contributed by atoms with Gasteiger partial charge in [-0.15, -0.1) is 0 Å². The van der Waals surface area contributed by atoms with Gasteiger partial charge in [0.2, 0.25) is 0 Å². The maximum atomic E-state index is 12.8. The molecule has 0 spiro atoms. The minimum absolute atomic E-state index is 0.123. The summed E-state index contributed by atoms with van der Waals surface area (Å²) in [4.78, 5) is 38.2. The molecule has 418 valence electrons. The molecule has 0 saturated carbocycles. The molecule has 0 bridgehead atoms. The van der Waals surface area contributed by atoms with Gasteiger partial charge in [-0.1, -0.05) is 236 Å². The molecule has 6 heteroatoms. The van der Waals surface area contributed by atoms with E-state index in [1.807, 2.05) is 0 Å². The van der Waals surface area contributed by atoms with E-state index >= 15 is 0 Å². The lowest BCUT2D eigenvalue weighted by atomic mass is 10.1. The fourth-order valence-electron chi connectivity index (χ4n) is 7.38. The van der Waals surface area contributed by atoms with Gasteiger partial charge in [0, 0.05) is 19.3 Å². The fraction of sp³-hybridized carbons (Fsp3) is 0.551. The van der Waals surface area contributed by atoms with E-state index in [1.54, 1.807) is 0 Å². The van der Waals surface area contributed by atoms with Gasteiger partial charge in [-0.2, -0.15) is 0 Å². The van der Waals surface area contributed by atoms with Gasteiger partial charge in [0.25, 0.3) is 0 Å². The number of unbranched alkanes of at least 4 members (excludes halogenated alkanes) is 12. The van der Waals surface area contributed by atoms with Crippen molar-refractivity contribution in [3.05, 3.63) is 170 Å². The van der Waals surface area contributed by atoms with E-state index in [4.69, 9.17) is 14.2 Å². The second-order valence-electron chi connectivity index (χ2n) is 18.8. The molecule has 0 N–H and O–H groups in total. The van der Waals surface area contributed by atoms with Crippen LogP contribution in [0.4, 0.5) is 0 Å². The van der Waals surface area contributed by atoms with Crippen LogP contribution in [0.1, 0.15) is 226 Å². The molecule has 6 nitrogen and oxygen atoms in total. The fourth-order valence-corrected chi connectivity index (χ4v) is 7.38. The Hall–Kier alpha value is -5.23. The van der Waals surface area contributed by atoms with Gasteiger partial charge in [0.05, 0.1) is 0 Å². The maximum absolute atomic E-state index is 12.8. The van der Waals surface area contributed by atoms with Crippen molar-refractivity contribution in [2.24, 2.45) is 0 Å². The molecule has 1 unspecified atom stereocenters. The zero-order valence-corrected chi connectivity index (χ0v) is 47.7. The zero-order chi connectivity index (χ0) is 54.3. The van der Waals surface area contributed by atoms with E-state index in [1.165, 1.54) is 32.1 Å². The number of hydrogen-bond acceptors (Lipinski definition) is 6. The van der Waals surface area contributed by atoms with Crippen molar-refractivity contribution in [1.82, 2.24) is 0 Å². The molecule has 0 saturated heterocycles. The predicted molar refractivity (Wildman–Crippen MR) is 325 cm³/mol. The average Bonchev–Trinajstić information content (AvgIpc) is 3.41. The van der Waals surface area contributed by atoms with Crippen LogP contribution >= 0.6 is 0 Å². The molecule has 75 heavy (non-hydrogen) atoms. The Morgan fingerprint density at radius 2 is 0.493 bits per heavy atom. The van der Waals surface area contributed by atoms with Crippen LogP contribution in [0.5, 0.6) is 0 Å². The average molecular weight is 1030 g/mol. The molecule has 1 atom stereocenters. The topological polar surface area (TPSA) is 78.9 Å². The Labute approximate surface area is 460 Å². The first-order valence-corrected chi connectivity index (χ1v) is 29.6. The number of rotatable bonds is 51. The van der Waals surface area contributed by atoms with E-state index in [0.29, 0.717) is 19.3 Å². The minimum atomic E-state index is -0.833. The first-order chi connectivity index (χ1) is 37.0. The van der Waals surface area contributed by atoms with Gasteiger partial charge in [0.15, 0.2) is 6.10 Å². The lowest BCUT2D eigenvalue weighted by molar-refractivity contribution is -0.167. The van der Waals surface area contributed by atoms with Gasteiger partial charge in [-0.05, 0) is 141 Å². The van der Waals surface area contributed by atoms with Crippen molar-refractivity contribution in [2.75, 3.05) is 13.2 Å². The van der Waals surface area contributed by atoms with Gasteiger partial charge in [-0.25, -0.2) is 0 Å². The smallest absolute Gasteiger partial charge is 0.306 e. The second kappa shape index (κ2) is 61.3. The lowest BCUT2D eigenvalue weighted by Gasteiger charge is -2.18. The Morgan fingerprint density at radius 1 is 0.267 bits per heavy atom. The monoisotopic (exact) mass is 1030 g/mol. The third-order valence-electron chi connectivity index (χ3n) is 11.7. The van der Waals surface area contributed by atoms with Crippen molar-refractivity contribution < 1.29 is 28.6 Å². The third-order valence-corrected chi connectivity index (χ3v) is 11.7. The zero-order valence-electron chi connectivity index (χ0n) is 47.7. The first-order valence-electron chi connectivity index (χ1n) is 29.6. The van der Waals surface area contributed by atoms with Crippen LogP contribution in [0.2, 0.25) is 0 Å². The number of carbonyl (C=O) groups excluding carboxylic acids is 3. The number of ether oxygens (including phenoxy) is 3. The van der Waals surface area contributed by atoms with E-state index < -0.39 is 6.10 Å². The summed E-state index contributed by atoms with van der Waals surface area (Å²) in [7, 11) is 0. The number of carbonyl (C=O) groups is 3. The van der Waals surface area contributed by atoms with Crippen molar-refractivity contribution >= 4 is 17.9 Å². The van der Waals surface area contributed by atoms with Gasteiger partial charge >= 0.3 is 17.9 Å². The maximum Gasteiger partial charge on any atom is 0.306 e. The molecule has 0 amide bonds. The summed E-state index contributed by atoms with van der Waals surface area (Å²) in [6, 6.07) is 0. The number of allylic oxidation sites excluding steroid dienone is 28. The molecular weight excluding hydrogens is 925 g/mol. The normalized spacial score (nSPS) is 13.4. The van der Waals surface area contributed by atoms with Gasteiger partial charge in [-0.3, -0.25) is 14.4 Å². The largest absolute Gasteiger partial charge is 0.462 e. The second-order valence-corrected chi connectivity index (χ2v) is 18.8. The van der Waals surface area contributed by atoms with Gasteiger partial charge in [0.1, 0.15) is 13.2 Å². The summed E-state index contributed by atoms with van der Waals surface area (Å²) in [6.45, 7) is 6.20. The Balaban J connectivity index is 4.46. The highest BCUT2D eigenvalue weighted by Crippen LogP contribution is 2.13. The number of hydrogen-bond donors (Lipinski definition) is 0. The third kappa shape index (κ3) is 59.5. The minimum Gasteiger partial charge on any atom is -0.462 e. The van der Waals surface area contributed by atoms with Crippen LogP contribution in [0.15, 0.2) is 170 Å². The van der Waals surface area contributed by atoms with Crippen LogP contribution in [-0.4, -0.2) is 37.2 Å². The standard InChI is InChI=1S/C69H106O6/c1-4-7-10-13-16-19-22-25-27-29-30-31-32-33-34-35-36-37-38-40-41-44-47-50-53-56-59-62-68(71)74-65-66(64-73-67(70)61-58-55-52-49-46-43-24-21-18-15-12-9-6-3)75-69(72)63-60-57-54-51-48-45-42-39-28-26-23-20-17-14-11-8-5-2/h7-12,16-21,25-28,30-31,33-34,36-37,42-43,45-46,51,54,66H,4-6,13-15,22-24,29,32,35,38-41,44,47-50,52-53,55-65H2,1-3H3/b10-7-,11-8-,12-9-,19-16-,20-17-,21-18-,27-25-,28-26-,31-30-,34-33-,37-36-,45-42-,46-43-,54-51-. The van der Waals surface area contributed by atoms with E-state index in [-0.39, 0.29) is 37.5 Å². The van der Waals surface area contributed by atoms with Crippen molar-refractivity contribution in [3.63, 3.8) is 0 Å². The number of esters is 3. The molecule has 0 aromatic rings. The summed E-state index contributed by atoms with van der Waals surface area (Å²) in [5.41, 5.74) is 0. The Bertz CT molecular complexity index is 1750. The molecule has 0 fully saturated rings. The van der Waals surface area contributed by atoms with Crippen LogP contribution in [-0.2, 0) is 28.6 Å². The molecule has 0 aliphatic rings. The van der Waals surface area contributed by atoms with E-state index in [0.717, 1.165) is 148 Å². The Morgan fingerprint density at radius 3 is 0.800 bits per heavy atom. The van der Waals surface area contributed by atoms with Crippen LogP contribution in [0, 0.1) is 0 Å². The first kappa shape index (κ1) is 69.8.